The van der Waals surface area contributed by atoms with Crippen LogP contribution in [0.5, 0.6) is 5.75 Å². The van der Waals surface area contributed by atoms with Gasteiger partial charge < -0.3 is 20.6 Å². The van der Waals surface area contributed by atoms with Crippen LogP contribution in [0, 0.1) is 0 Å². The Hall–Kier alpha value is -1.59. The summed E-state index contributed by atoms with van der Waals surface area (Å²) in [5.74, 6) is -0.0949. The number of rotatable bonds is 6. The van der Waals surface area contributed by atoms with Crippen LogP contribution >= 0.6 is 0 Å². The van der Waals surface area contributed by atoms with E-state index in [1.165, 1.54) is 0 Å². The zero-order valence-corrected chi connectivity index (χ0v) is 9.47. The maximum atomic E-state index is 11.4. The fraction of sp³-hybridized carbons (Fsp3) is 0.417. The van der Waals surface area contributed by atoms with E-state index in [-0.39, 0.29) is 31.3 Å². The molecule has 0 unspecified atom stereocenters. The van der Waals surface area contributed by atoms with Crippen LogP contribution in [0.2, 0.25) is 0 Å². The minimum absolute atomic E-state index is 0.168. The van der Waals surface area contributed by atoms with Crippen molar-refractivity contribution in [3.63, 3.8) is 0 Å². The molecule has 5 nitrogen and oxygen atoms in total. The molecule has 0 aliphatic carbocycles. The van der Waals surface area contributed by atoms with Crippen LogP contribution in [0.25, 0.3) is 0 Å². The third-order valence-corrected chi connectivity index (χ3v) is 2.42. The molecule has 0 heterocycles. The summed E-state index contributed by atoms with van der Waals surface area (Å²) in [6, 6.07) is 6.20. The number of phenolic OH excluding ortho intramolecular Hbond substituents is 1. The highest BCUT2D eigenvalue weighted by molar-refractivity contribution is 5.76. The van der Waals surface area contributed by atoms with Crippen LogP contribution in [0.4, 0.5) is 0 Å². The summed E-state index contributed by atoms with van der Waals surface area (Å²) in [5, 5.41) is 29.6. The quantitative estimate of drug-likeness (QED) is 0.553. The van der Waals surface area contributed by atoms with E-state index in [2.05, 4.69) is 5.32 Å². The highest BCUT2D eigenvalue weighted by Gasteiger charge is 2.10. The van der Waals surface area contributed by atoms with E-state index in [1.54, 1.807) is 24.3 Å². The van der Waals surface area contributed by atoms with Crippen LogP contribution in [0.3, 0.4) is 0 Å². The van der Waals surface area contributed by atoms with E-state index in [9.17, 15) is 9.90 Å². The van der Waals surface area contributed by atoms with Crippen molar-refractivity contribution >= 4 is 5.91 Å². The lowest BCUT2D eigenvalue weighted by molar-refractivity contribution is -0.122. The molecule has 0 spiro atoms. The van der Waals surface area contributed by atoms with E-state index in [0.29, 0.717) is 12.0 Å². The zero-order valence-electron chi connectivity index (χ0n) is 9.47. The molecule has 0 aliphatic rings. The van der Waals surface area contributed by atoms with Crippen LogP contribution in [0.15, 0.2) is 24.3 Å². The van der Waals surface area contributed by atoms with Gasteiger partial charge in [0.05, 0.1) is 19.3 Å². The molecule has 0 aromatic heterocycles. The summed E-state index contributed by atoms with van der Waals surface area (Å²) < 4.78 is 0. The number of aromatic hydroxyl groups is 1. The Labute approximate surface area is 99.7 Å². The predicted molar refractivity (Wildman–Crippen MR) is 62.5 cm³/mol. The first-order chi connectivity index (χ1) is 8.17. The SMILES string of the molecule is O=C(CCc1ccccc1O)NC(CO)CO. The van der Waals surface area contributed by atoms with Gasteiger partial charge in [0.15, 0.2) is 0 Å². The summed E-state index contributed by atoms with van der Waals surface area (Å²) in [6.07, 6.45) is 0.621. The number of carbonyl (C=O) groups is 1. The first-order valence-corrected chi connectivity index (χ1v) is 5.45. The number of para-hydroxylation sites is 1. The molecule has 0 saturated heterocycles. The summed E-state index contributed by atoms with van der Waals surface area (Å²) in [5.41, 5.74) is 0.701. The lowest BCUT2D eigenvalue weighted by atomic mass is 10.1. The molecule has 94 valence electrons. The van der Waals surface area contributed by atoms with Gasteiger partial charge in [0.2, 0.25) is 5.91 Å². The molecular formula is C12H17NO4. The monoisotopic (exact) mass is 239 g/mol. The standard InChI is InChI=1S/C12H17NO4/c14-7-10(8-15)13-12(17)6-5-9-3-1-2-4-11(9)16/h1-4,10,14-16H,5-8H2,(H,13,17). The largest absolute Gasteiger partial charge is 0.508 e. The van der Waals surface area contributed by atoms with Crippen LogP contribution in [-0.2, 0) is 11.2 Å². The van der Waals surface area contributed by atoms with Crippen LogP contribution in [0.1, 0.15) is 12.0 Å². The molecule has 0 aliphatic heterocycles. The Morgan fingerprint density at radius 2 is 1.88 bits per heavy atom. The molecule has 1 aromatic rings. The highest BCUT2D eigenvalue weighted by atomic mass is 16.3. The number of benzene rings is 1. The van der Waals surface area contributed by atoms with Gasteiger partial charge in [-0.15, -0.1) is 0 Å². The first-order valence-electron chi connectivity index (χ1n) is 5.45. The molecule has 1 aromatic carbocycles. The number of aliphatic hydroxyl groups excluding tert-OH is 2. The van der Waals surface area contributed by atoms with Crippen molar-refractivity contribution in [1.82, 2.24) is 5.32 Å². The Morgan fingerprint density at radius 1 is 1.24 bits per heavy atom. The number of carbonyl (C=O) groups excluding carboxylic acids is 1. The minimum Gasteiger partial charge on any atom is -0.508 e. The number of aliphatic hydroxyl groups is 2. The topological polar surface area (TPSA) is 89.8 Å². The van der Waals surface area contributed by atoms with E-state index in [1.807, 2.05) is 0 Å². The molecule has 4 N–H and O–H groups in total. The van der Waals surface area contributed by atoms with Crippen molar-refractivity contribution in [2.75, 3.05) is 13.2 Å². The number of phenols is 1. The molecule has 0 saturated carbocycles. The van der Waals surface area contributed by atoms with Gasteiger partial charge in [-0.25, -0.2) is 0 Å². The third kappa shape index (κ3) is 4.42. The van der Waals surface area contributed by atoms with Gasteiger partial charge in [0.25, 0.3) is 0 Å². The fourth-order valence-corrected chi connectivity index (χ4v) is 1.42. The van der Waals surface area contributed by atoms with Gasteiger partial charge in [0.1, 0.15) is 5.75 Å². The Bertz CT molecular complexity index is 363. The van der Waals surface area contributed by atoms with E-state index in [4.69, 9.17) is 10.2 Å². The minimum atomic E-state index is -0.619. The molecule has 0 bridgehead atoms. The average Bonchev–Trinajstić information content (AvgIpc) is 2.35. The molecule has 0 radical (unpaired) electrons. The summed E-state index contributed by atoms with van der Waals surface area (Å²) in [6.45, 7) is -0.586. The van der Waals surface area contributed by atoms with Gasteiger partial charge in [-0.05, 0) is 18.1 Å². The second kappa shape index (κ2) is 6.88. The Balaban J connectivity index is 2.41. The second-order valence-corrected chi connectivity index (χ2v) is 3.76. The van der Waals surface area contributed by atoms with Crippen molar-refractivity contribution in [1.29, 1.82) is 0 Å². The number of hydrogen-bond acceptors (Lipinski definition) is 4. The number of nitrogens with one attached hydrogen (secondary N) is 1. The molecular weight excluding hydrogens is 222 g/mol. The summed E-state index contributed by atoms with van der Waals surface area (Å²) in [7, 11) is 0. The summed E-state index contributed by atoms with van der Waals surface area (Å²) in [4.78, 5) is 11.4. The number of amides is 1. The third-order valence-electron chi connectivity index (χ3n) is 2.42. The van der Waals surface area contributed by atoms with Crippen molar-refractivity contribution in [3.8, 4) is 5.75 Å². The molecule has 5 heteroatoms. The maximum absolute atomic E-state index is 11.4. The smallest absolute Gasteiger partial charge is 0.220 e. The highest BCUT2D eigenvalue weighted by Crippen LogP contribution is 2.16. The Kier molecular flexibility index (Phi) is 5.45. The van der Waals surface area contributed by atoms with Crippen molar-refractivity contribution in [3.05, 3.63) is 29.8 Å². The van der Waals surface area contributed by atoms with Gasteiger partial charge in [-0.3, -0.25) is 4.79 Å². The van der Waals surface area contributed by atoms with E-state index < -0.39 is 6.04 Å². The van der Waals surface area contributed by atoms with Crippen LogP contribution < -0.4 is 5.32 Å². The summed E-state index contributed by atoms with van der Waals surface area (Å²) >= 11 is 0. The molecule has 1 amide bonds. The predicted octanol–water partition coefficient (Wildman–Crippen LogP) is -0.206. The normalized spacial score (nSPS) is 10.5. The van der Waals surface area contributed by atoms with E-state index in [0.717, 1.165) is 0 Å². The van der Waals surface area contributed by atoms with Crippen molar-refractivity contribution in [2.24, 2.45) is 0 Å². The van der Waals surface area contributed by atoms with Crippen molar-refractivity contribution < 1.29 is 20.1 Å². The number of aryl methyl sites for hydroxylation is 1. The lowest BCUT2D eigenvalue weighted by Crippen LogP contribution is -2.40. The van der Waals surface area contributed by atoms with Crippen molar-refractivity contribution in [2.45, 2.75) is 18.9 Å². The van der Waals surface area contributed by atoms with Crippen LogP contribution in [-0.4, -0.2) is 40.5 Å². The molecule has 0 fully saturated rings. The molecule has 1 rings (SSSR count). The van der Waals surface area contributed by atoms with Gasteiger partial charge >= 0.3 is 0 Å². The van der Waals surface area contributed by atoms with Gasteiger partial charge in [-0.1, -0.05) is 18.2 Å². The number of hydrogen-bond donors (Lipinski definition) is 4. The lowest BCUT2D eigenvalue weighted by Gasteiger charge is -2.13. The fourth-order valence-electron chi connectivity index (χ4n) is 1.42. The Morgan fingerprint density at radius 3 is 2.47 bits per heavy atom. The molecule has 0 atom stereocenters. The average molecular weight is 239 g/mol. The van der Waals surface area contributed by atoms with Gasteiger partial charge in [-0.2, -0.15) is 0 Å². The maximum Gasteiger partial charge on any atom is 0.220 e. The van der Waals surface area contributed by atoms with Gasteiger partial charge in [0, 0.05) is 6.42 Å². The second-order valence-electron chi connectivity index (χ2n) is 3.76. The van der Waals surface area contributed by atoms with E-state index >= 15 is 0 Å². The molecule has 17 heavy (non-hydrogen) atoms. The zero-order chi connectivity index (χ0) is 12.7. The first kappa shape index (κ1) is 13.5.